The third-order valence-electron chi connectivity index (χ3n) is 5.91. The maximum Gasteiger partial charge on any atom is 0.336 e. The van der Waals surface area contributed by atoms with E-state index in [9.17, 15) is 15.0 Å². The van der Waals surface area contributed by atoms with Crippen LogP contribution in [0.1, 0.15) is 46.5 Å². The Morgan fingerprint density at radius 3 is 2.74 bits per heavy atom. The van der Waals surface area contributed by atoms with Gasteiger partial charge in [0.1, 0.15) is 0 Å². The van der Waals surface area contributed by atoms with Crippen LogP contribution in [0, 0.1) is 17.3 Å². The molecule has 106 valence electrons. The van der Waals surface area contributed by atoms with Crippen molar-refractivity contribution in [2.45, 2.75) is 58.3 Å². The fourth-order valence-electron chi connectivity index (χ4n) is 4.41. The molecule has 0 unspecified atom stereocenters. The number of carbonyl (C=O) groups is 1. The summed E-state index contributed by atoms with van der Waals surface area (Å²) in [5.41, 5.74) is 0.521. The Morgan fingerprint density at radius 1 is 1.37 bits per heavy atom. The molecule has 0 aromatic rings. The van der Waals surface area contributed by atoms with Gasteiger partial charge in [-0.25, -0.2) is 4.79 Å². The lowest BCUT2D eigenvalue weighted by Crippen LogP contribution is -2.58. The van der Waals surface area contributed by atoms with Gasteiger partial charge in [-0.05, 0) is 25.2 Å². The minimum absolute atomic E-state index is 0.193. The van der Waals surface area contributed by atoms with Crippen LogP contribution < -0.4 is 0 Å². The first-order valence-electron chi connectivity index (χ1n) is 7.15. The van der Waals surface area contributed by atoms with E-state index in [0.717, 1.165) is 19.3 Å². The average molecular weight is 266 g/mol. The summed E-state index contributed by atoms with van der Waals surface area (Å²) in [5, 5.41) is 21.4. The van der Waals surface area contributed by atoms with Gasteiger partial charge in [0.25, 0.3) is 0 Å². The van der Waals surface area contributed by atoms with E-state index in [2.05, 4.69) is 13.8 Å². The van der Waals surface area contributed by atoms with E-state index in [-0.39, 0.29) is 11.3 Å². The summed E-state index contributed by atoms with van der Waals surface area (Å²) in [5.74, 6) is -1.49. The first-order valence-corrected chi connectivity index (χ1v) is 7.15. The van der Waals surface area contributed by atoms with Crippen LogP contribution in [-0.4, -0.2) is 28.1 Å². The van der Waals surface area contributed by atoms with Crippen LogP contribution in [0.2, 0.25) is 0 Å². The standard InChI is InChI=1S/C15H22O4/c1-8-5-4-6-10-7-15(18)11(9(2)13(17)19-15)12(16)14(8,10)3/h8,10,12,16,18H,4-7H2,1-3H3/t8-,10+,12+,14+,15-/m0/s1. The average Bonchev–Trinajstić information content (AvgIpc) is 2.55. The van der Waals surface area contributed by atoms with Crippen molar-refractivity contribution < 1.29 is 19.7 Å². The first kappa shape index (κ1) is 13.1. The Balaban J connectivity index is 2.10. The van der Waals surface area contributed by atoms with Gasteiger partial charge in [0.2, 0.25) is 5.79 Å². The summed E-state index contributed by atoms with van der Waals surface area (Å²) >= 11 is 0. The van der Waals surface area contributed by atoms with Crippen molar-refractivity contribution in [1.29, 1.82) is 0 Å². The van der Waals surface area contributed by atoms with E-state index < -0.39 is 17.9 Å². The first-order chi connectivity index (χ1) is 8.80. The third kappa shape index (κ3) is 1.50. The zero-order valence-corrected chi connectivity index (χ0v) is 11.8. The second-order valence-electron chi connectivity index (χ2n) is 6.71. The molecule has 1 aliphatic heterocycles. The Kier molecular flexibility index (Phi) is 2.64. The molecule has 0 radical (unpaired) electrons. The van der Waals surface area contributed by atoms with Crippen LogP contribution >= 0.6 is 0 Å². The molecule has 2 fully saturated rings. The molecular formula is C15H22O4. The summed E-state index contributed by atoms with van der Waals surface area (Å²) in [6.45, 7) is 5.89. The van der Waals surface area contributed by atoms with Crippen LogP contribution in [0.15, 0.2) is 11.1 Å². The van der Waals surface area contributed by atoms with Gasteiger partial charge >= 0.3 is 5.97 Å². The molecule has 4 nitrogen and oxygen atoms in total. The van der Waals surface area contributed by atoms with E-state index in [1.54, 1.807) is 6.92 Å². The Labute approximate surface area is 113 Å². The number of esters is 1. The van der Waals surface area contributed by atoms with E-state index >= 15 is 0 Å². The quantitative estimate of drug-likeness (QED) is 0.656. The van der Waals surface area contributed by atoms with Crippen molar-refractivity contribution in [3.63, 3.8) is 0 Å². The molecule has 0 aromatic carbocycles. The summed E-state index contributed by atoms with van der Waals surface area (Å²) in [4.78, 5) is 11.7. The number of fused-ring (bicyclic) bond motifs is 2. The Morgan fingerprint density at radius 2 is 2.05 bits per heavy atom. The second-order valence-corrected chi connectivity index (χ2v) is 6.71. The van der Waals surface area contributed by atoms with Gasteiger partial charge in [0.15, 0.2) is 0 Å². The van der Waals surface area contributed by atoms with E-state index in [1.807, 2.05) is 0 Å². The van der Waals surface area contributed by atoms with Crippen molar-refractivity contribution in [2.75, 3.05) is 0 Å². The fraction of sp³-hybridized carbons (Fsp3) is 0.800. The highest BCUT2D eigenvalue weighted by Crippen LogP contribution is 2.59. The lowest BCUT2D eigenvalue weighted by Gasteiger charge is -2.55. The van der Waals surface area contributed by atoms with Crippen LogP contribution in [0.25, 0.3) is 0 Å². The minimum atomic E-state index is -1.57. The monoisotopic (exact) mass is 266 g/mol. The largest absolute Gasteiger partial charge is 0.426 e. The van der Waals surface area contributed by atoms with E-state index in [4.69, 9.17) is 4.74 Å². The van der Waals surface area contributed by atoms with Crippen LogP contribution in [0.3, 0.4) is 0 Å². The number of aliphatic hydroxyl groups is 2. The maximum absolute atomic E-state index is 11.7. The number of hydrogen-bond donors (Lipinski definition) is 2. The zero-order chi connectivity index (χ0) is 14.0. The maximum atomic E-state index is 11.7. The molecule has 1 heterocycles. The fourth-order valence-corrected chi connectivity index (χ4v) is 4.41. The van der Waals surface area contributed by atoms with Gasteiger partial charge in [0, 0.05) is 23.0 Å². The predicted octanol–water partition coefficient (Wildman–Crippen LogP) is 1.76. The number of carbonyl (C=O) groups excluding carboxylic acids is 1. The Hall–Kier alpha value is -0.870. The lowest BCUT2D eigenvalue weighted by atomic mass is 9.52. The summed E-state index contributed by atoms with van der Waals surface area (Å²) < 4.78 is 5.15. The van der Waals surface area contributed by atoms with Gasteiger partial charge in [0.05, 0.1) is 6.10 Å². The van der Waals surface area contributed by atoms with Crippen molar-refractivity contribution in [3.05, 3.63) is 11.1 Å². The molecule has 19 heavy (non-hydrogen) atoms. The molecule has 4 heteroatoms. The topological polar surface area (TPSA) is 66.8 Å². The number of hydrogen-bond acceptors (Lipinski definition) is 4. The highest BCUT2D eigenvalue weighted by atomic mass is 16.7. The van der Waals surface area contributed by atoms with Gasteiger partial charge < -0.3 is 14.9 Å². The van der Waals surface area contributed by atoms with Crippen LogP contribution in [0.4, 0.5) is 0 Å². The van der Waals surface area contributed by atoms with Crippen molar-refractivity contribution in [1.82, 2.24) is 0 Å². The molecule has 2 saturated carbocycles. The van der Waals surface area contributed by atoms with E-state index in [0.29, 0.717) is 23.5 Å². The number of rotatable bonds is 0. The molecule has 2 N–H and O–H groups in total. The van der Waals surface area contributed by atoms with Gasteiger partial charge in [-0.15, -0.1) is 0 Å². The summed E-state index contributed by atoms with van der Waals surface area (Å²) in [6, 6.07) is 0. The highest BCUT2D eigenvalue weighted by Gasteiger charge is 2.62. The smallest absolute Gasteiger partial charge is 0.336 e. The lowest BCUT2D eigenvalue weighted by molar-refractivity contribution is -0.221. The predicted molar refractivity (Wildman–Crippen MR) is 69.0 cm³/mol. The van der Waals surface area contributed by atoms with Crippen molar-refractivity contribution in [3.8, 4) is 0 Å². The molecule has 2 aliphatic carbocycles. The summed E-state index contributed by atoms with van der Waals surface area (Å²) in [6.07, 6.45) is 2.80. The number of ether oxygens (including phenoxy) is 1. The molecule has 3 aliphatic rings. The summed E-state index contributed by atoms with van der Waals surface area (Å²) in [7, 11) is 0. The highest BCUT2D eigenvalue weighted by molar-refractivity contribution is 5.92. The minimum Gasteiger partial charge on any atom is -0.426 e. The van der Waals surface area contributed by atoms with Crippen molar-refractivity contribution in [2.24, 2.45) is 17.3 Å². The Bertz CT molecular complexity index is 469. The molecule has 0 bridgehead atoms. The molecule has 0 saturated heterocycles. The molecule has 0 spiro atoms. The molecule has 0 amide bonds. The molecule has 0 aromatic heterocycles. The van der Waals surface area contributed by atoms with Crippen molar-refractivity contribution >= 4 is 5.97 Å². The van der Waals surface area contributed by atoms with Crippen LogP contribution in [0.5, 0.6) is 0 Å². The normalized spacial score (nSPS) is 49.7. The van der Waals surface area contributed by atoms with E-state index in [1.165, 1.54) is 0 Å². The zero-order valence-electron chi connectivity index (χ0n) is 11.8. The number of aliphatic hydroxyl groups excluding tert-OH is 1. The van der Waals surface area contributed by atoms with Crippen LogP contribution in [-0.2, 0) is 9.53 Å². The molecule has 5 atom stereocenters. The molecular weight excluding hydrogens is 244 g/mol. The molecule has 3 rings (SSSR count). The van der Waals surface area contributed by atoms with Gasteiger partial charge in [-0.1, -0.05) is 26.7 Å². The van der Waals surface area contributed by atoms with Gasteiger partial charge in [-0.2, -0.15) is 0 Å². The second kappa shape index (κ2) is 3.83. The third-order valence-corrected chi connectivity index (χ3v) is 5.91. The SMILES string of the molecule is CC1=C2[C@@H](O)[C@@]3(C)[C@H](CCC[C@@H]3C)C[C@]2(O)OC1=O. The van der Waals surface area contributed by atoms with Gasteiger partial charge in [-0.3, -0.25) is 0 Å².